The van der Waals surface area contributed by atoms with E-state index in [0.717, 1.165) is 16.8 Å². The number of methoxy groups -OCH3 is 2. The fourth-order valence-corrected chi connectivity index (χ4v) is 1.51. The lowest BCUT2D eigenvalue weighted by Crippen LogP contribution is -1.93. The first-order chi connectivity index (χ1) is 6.77. The summed E-state index contributed by atoms with van der Waals surface area (Å²) >= 11 is 0. The summed E-state index contributed by atoms with van der Waals surface area (Å²) in [6.07, 6.45) is 0. The molecular formula is C10H12N2O2. The molecule has 0 aliphatic carbocycles. The number of benzene rings is 1. The molecule has 0 spiro atoms. The number of hydrogen-bond donors (Lipinski definition) is 0. The molecule has 4 heteroatoms. The molecule has 4 nitrogen and oxygen atoms in total. The van der Waals surface area contributed by atoms with Gasteiger partial charge in [-0.2, -0.15) is 4.98 Å². The summed E-state index contributed by atoms with van der Waals surface area (Å²) < 4.78 is 12.2. The van der Waals surface area contributed by atoms with Gasteiger partial charge in [-0.05, 0) is 12.1 Å². The van der Waals surface area contributed by atoms with Gasteiger partial charge in [-0.3, -0.25) is 4.57 Å². The average molecular weight is 192 g/mol. The minimum absolute atomic E-state index is 0.588. The number of aryl methyl sites for hydroxylation is 1. The van der Waals surface area contributed by atoms with E-state index in [2.05, 4.69) is 4.98 Å². The van der Waals surface area contributed by atoms with Gasteiger partial charge in [0.15, 0.2) is 0 Å². The molecule has 14 heavy (non-hydrogen) atoms. The predicted molar refractivity (Wildman–Crippen MR) is 53.8 cm³/mol. The van der Waals surface area contributed by atoms with E-state index in [4.69, 9.17) is 9.47 Å². The second kappa shape index (κ2) is 3.21. The Morgan fingerprint density at radius 3 is 2.64 bits per heavy atom. The highest BCUT2D eigenvalue weighted by Crippen LogP contribution is 2.27. The molecule has 1 aromatic carbocycles. The molecule has 0 atom stereocenters. The van der Waals surface area contributed by atoms with E-state index in [-0.39, 0.29) is 0 Å². The largest absolute Gasteiger partial charge is 0.494 e. The van der Waals surface area contributed by atoms with Gasteiger partial charge in [-0.1, -0.05) is 6.07 Å². The van der Waals surface area contributed by atoms with E-state index < -0.39 is 0 Å². The lowest BCUT2D eigenvalue weighted by Gasteiger charge is -2.00. The van der Waals surface area contributed by atoms with Gasteiger partial charge in [0.25, 0.3) is 6.01 Å². The highest BCUT2D eigenvalue weighted by Gasteiger charge is 2.10. The summed E-state index contributed by atoms with van der Waals surface area (Å²) in [5, 5.41) is 0. The Bertz CT molecular complexity index is 462. The van der Waals surface area contributed by atoms with Gasteiger partial charge in [0.05, 0.1) is 19.7 Å². The van der Waals surface area contributed by atoms with Crippen LogP contribution in [0.15, 0.2) is 18.2 Å². The first-order valence-electron chi connectivity index (χ1n) is 4.31. The maximum absolute atomic E-state index is 5.21. The third kappa shape index (κ3) is 1.11. The zero-order chi connectivity index (χ0) is 10.1. The van der Waals surface area contributed by atoms with Crippen molar-refractivity contribution in [3.8, 4) is 11.8 Å². The minimum atomic E-state index is 0.588. The van der Waals surface area contributed by atoms with Crippen LogP contribution < -0.4 is 9.47 Å². The van der Waals surface area contributed by atoms with E-state index in [9.17, 15) is 0 Å². The van der Waals surface area contributed by atoms with Crippen molar-refractivity contribution >= 4 is 11.0 Å². The normalized spacial score (nSPS) is 10.5. The molecule has 0 radical (unpaired) electrons. The molecule has 2 aromatic rings. The Labute approximate surface area is 82.1 Å². The van der Waals surface area contributed by atoms with E-state index in [0.29, 0.717) is 6.01 Å². The van der Waals surface area contributed by atoms with Gasteiger partial charge >= 0.3 is 0 Å². The summed E-state index contributed by atoms with van der Waals surface area (Å²) in [6, 6.07) is 6.38. The number of nitrogens with zero attached hydrogens (tertiary/aromatic N) is 2. The van der Waals surface area contributed by atoms with Crippen LogP contribution in [0.5, 0.6) is 11.8 Å². The van der Waals surface area contributed by atoms with Crippen LogP contribution in [0.3, 0.4) is 0 Å². The zero-order valence-electron chi connectivity index (χ0n) is 8.44. The molecule has 74 valence electrons. The van der Waals surface area contributed by atoms with Crippen molar-refractivity contribution in [2.45, 2.75) is 0 Å². The van der Waals surface area contributed by atoms with Gasteiger partial charge in [-0.25, -0.2) is 0 Å². The van der Waals surface area contributed by atoms with Crippen molar-refractivity contribution in [3.05, 3.63) is 18.2 Å². The van der Waals surface area contributed by atoms with Gasteiger partial charge in [0.2, 0.25) is 0 Å². The summed E-state index contributed by atoms with van der Waals surface area (Å²) in [5.41, 5.74) is 1.83. The molecule has 0 saturated carbocycles. The Kier molecular flexibility index (Phi) is 2.04. The maximum atomic E-state index is 5.21. The average Bonchev–Trinajstić information content (AvgIpc) is 2.55. The van der Waals surface area contributed by atoms with Crippen LogP contribution in [0.1, 0.15) is 0 Å². The molecule has 0 saturated heterocycles. The summed E-state index contributed by atoms with van der Waals surface area (Å²) in [4.78, 5) is 4.32. The number of rotatable bonds is 2. The van der Waals surface area contributed by atoms with Crippen molar-refractivity contribution in [2.75, 3.05) is 14.2 Å². The van der Waals surface area contributed by atoms with Crippen LogP contribution in [-0.4, -0.2) is 23.8 Å². The van der Waals surface area contributed by atoms with Gasteiger partial charge in [0.1, 0.15) is 11.3 Å². The second-order valence-corrected chi connectivity index (χ2v) is 2.99. The number of ether oxygens (including phenoxy) is 2. The first-order valence-corrected chi connectivity index (χ1v) is 4.31. The molecule has 0 amide bonds. The van der Waals surface area contributed by atoms with Gasteiger partial charge < -0.3 is 9.47 Å². The van der Waals surface area contributed by atoms with Crippen molar-refractivity contribution in [3.63, 3.8) is 0 Å². The van der Waals surface area contributed by atoms with Crippen LogP contribution in [-0.2, 0) is 7.05 Å². The Morgan fingerprint density at radius 2 is 2.00 bits per heavy atom. The summed E-state index contributed by atoms with van der Waals surface area (Å²) in [5.74, 6) is 0.765. The van der Waals surface area contributed by atoms with Crippen molar-refractivity contribution < 1.29 is 9.47 Å². The molecular weight excluding hydrogens is 180 g/mol. The smallest absolute Gasteiger partial charge is 0.296 e. The lowest BCUT2D eigenvalue weighted by molar-refractivity contribution is 0.368. The van der Waals surface area contributed by atoms with E-state index in [1.54, 1.807) is 14.2 Å². The molecule has 1 aromatic heterocycles. The quantitative estimate of drug-likeness (QED) is 0.725. The number of imidazole rings is 1. The summed E-state index contributed by atoms with van der Waals surface area (Å²) in [6.45, 7) is 0. The van der Waals surface area contributed by atoms with Crippen LogP contribution in [0.4, 0.5) is 0 Å². The molecule has 1 heterocycles. The van der Waals surface area contributed by atoms with Crippen molar-refractivity contribution in [1.82, 2.24) is 9.55 Å². The molecule has 0 fully saturated rings. The third-order valence-electron chi connectivity index (χ3n) is 2.24. The monoisotopic (exact) mass is 192 g/mol. The Balaban J connectivity index is 2.77. The number of hydrogen-bond acceptors (Lipinski definition) is 3. The third-order valence-corrected chi connectivity index (χ3v) is 2.24. The fraction of sp³-hybridized carbons (Fsp3) is 0.300. The van der Waals surface area contributed by atoms with Gasteiger partial charge in [-0.15, -0.1) is 0 Å². The molecule has 0 unspecified atom stereocenters. The van der Waals surface area contributed by atoms with Crippen LogP contribution in [0.2, 0.25) is 0 Å². The Hall–Kier alpha value is -1.71. The predicted octanol–water partition coefficient (Wildman–Crippen LogP) is 1.59. The number of fused-ring (bicyclic) bond motifs is 1. The number of para-hydroxylation sites is 1. The second-order valence-electron chi connectivity index (χ2n) is 2.99. The minimum Gasteiger partial charge on any atom is -0.494 e. The van der Waals surface area contributed by atoms with Crippen molar-refractivity contribution in [1.29, 1.82) is 0 Å². The van der Waals surface area contributed by atoms with E-state index >= 15 is 0 Å². The zero-order valence-corrected chi connectivity index (χ0v) is 8.44. The Morgan fingerprint density at radius 1 is 1.21 bits per heavy atom. The van der Waals surface area contributed by atoms with E-state index in [1.807, 2.05) is 29.8 Å². The highest BCUT2D eigenvalue weighted by molar-refractivity contribution is 5.83. The van der Waals surface area contributed by atoms with Crippen LogP contribution >= 0.6 is 0 Å². The van der Waals surface area contributed by atoms with Crippen LogP contribution in [0.25, 0.3) is 11.0 Å². The summed E-state index contributed by atoms with van der Waals surface area (Å²) in [7, 11) is 5.15. The standard InChI is InChI=1S/C10H12N2O2/c1-12-7-5-4-6-8(13-2)9(7)11-10(12)14-3/h4-6H,1-3H3. The maximum Gasteiger partial charge on any atom is 0.296 e. The molecule has 0 N–H and O–H groups in total. The lowest BCUT2D eigenvalue weighted by atomic mass is 10.3. The van der Waals surface area contributed by atoms with Crippen LogP contribution in [0, 0.1) is 0 Å². The first kappa shape index (κ1) is 8.87. The number of aromatic nitrogens is 2. The molecule has 0 aliphatic heterocycles. The molecule has 2 rings (SSSR count). The fourth-order valence-electron chi connectivity index (χ4n) is 1.51. The highest BCUT2D eigenvalue weighted by atomic mass is 16.5. The topological polar surface area (TPSA) is 36.3 Å². The van der Waals surface area contributed by atoms with Crippen molar-refractivity contribution in [2.24, 2.45) is 7.05 Å². The van der Waals surface area contributed by atoms with E-state index in [1.165, 1.54) is 0 Å². The SMILES string of the molecule is COc1cccc2c1nc(OC)n2C. The molecule has 0 bridgehead atoms. The van der Waals surface area contributed by atoms with Gasteiger partial charge in [0, 0.05) is 7.05 Å². The molecule has 0 aliphatic rings.